The summed E-state index contributed by atoms with van der Waals surface area (Å²) < 4.78 is 16.1. The van der Waals surface area contributed by atoms with Gasteiger partial charge in [0.05, 0.1) is 40.5 Å². The van der Waals surface area contributed by atoms with Crippen LogP contribution in [0.1, 0.15) is 15.9 Å². The van der Waals surface area contributed by atoms with E-state index in [1.54, 1.807) is 30.3 Å². The average molecular weight is 744 g/mol. The van der Waals surface area contributed by atoms with Crippen LogP contribution >= 0.6 is 46.4 Å². The van der Waals surface area contributed by atoms with E-state index in [1.165, 1.54) is 44.6 Å². The number of azo groups is 1. The van der Waals surface area contributed by atoms with E-state index in [0.29, 0.717) is 22.9 Å². The van der Waals surface area contributed by atoms with Crippen molar-refractivity contribution in [2.45, 2.75) is 13.0 Å². The molecule has 0 fully saturated rings. The Morgan fingerprint density at radius 1 is 0.878 bits per heavy atom. The van der Waals surface area contributed by atoms with Crippen molar-refractivity contribution in [2.75, 3.05) is 31.2 Å². The number of aryl methyl sites for hydroxylation is 1. The van der Waals surface area contributed by atoms with Crippen LogP contribution in [0, 0.1) is 6.92 Å². The molecule has 1 aliphatic heterocycles. The summed E-state index contributed by atoms with van der Waals surface area (Å²) >= 11 is 25.2. The van der Waals surface area contributed by atoms with E-state index in [2.05, 4.69) is 26.0 Å². The van der Waals surface area contributed by atoms with Crippen LogP contribution < -0.4 is 29.9 Å². The number of methoxy groups -OCH3 is 2. The quantitative estimate of drug-likeness (QED) is 0.158. The third kappa shape index (κ3) is 8.41. The number of carbonyl (C=O) groups excluding carboxylic acids is 3. The molecule has 1 heterocycles. The maximum Gasteiger partial charge on any atom is 0.282 e. The van der Waals surface area contributed by atoms with E-state index in [4.69, 9.17) is 60.6 Å². The molecule has 1 atom stereocenters. The summed E-state index contributed by atoms with van der Waals surface area (Å²) in [6.07, 6.45) is 0. The normalized spacial score (nSPS) is 14.1. The van der Waals surface area contributed by atoms with Gasteiger partial charge in [0.2, 0.25) is 6.04 Å². The molecule has 0 spiro atoms. The SMILES string of the molecule is COc1ccc(N=NC2C(=O)N(c3c(Cl)cc(Cl)cc3Cl)N=C2NC(=O)c2cc(NC(=O)COc3cccc(C)c3)ccc2Cl)cc1OC. The monoisotopic (exact) mass is 742 g/mol. The van der Waals surface area contributed by atoms with Crippen molar-refractivity contribution in [1.29, 1.82) is 0 Å². The van der Waals surface area contributed by atoms with Crippen LogP contribution in [0.5, 0.6) is 17.2 Å². The summed E-state index contributed by atoms with van der Waals surface area (Å²) in [6, 6.07) is 17.7. The summed E-state index contributed by atoms with van der Waals surface area (Å²) in [7, 11) is 2.95. The molecular weight excluding hydrogens is 718 g/mol. The maximum absolute atomic E-state index is 13.7. The highest BCUT2D eigenvalue weighted by atomic mass is 35.5. The number of hydrogen-bond donors (Lipinski definition) is 2. The highest BCUT2D eigenvalue weighted by molar-refractivity contribution is 6.43. The topological polar surface area (TPSA) is 143 Å². The molecule has 2 N–H and O–H groups in total. The third-order valence-electron chi connectivity index (χ3n) is 6.85. The van der Waals surface area contributed by atoms with E-state index in [-0.39, 0.29) is 49.5 Å². The number of amidine groups is 1. The molecule has 0 saturated carbocycles. The molecule has 0 aliphatic carbocycles. The number of rotatable bonds is 10. The first kappa shape index (κ1) is 35.4. The fraction of sp³-hybridized carbons (Fsp3) is 0.152. The molecule has 12 nitrogen and oxygen atoms in total. The molecule has 0 saturated heterocycles. The van der Waals surface area contributed by atoms with Crippen molar-refractivity contribution in [3.05, 3.63) is 104 Å². The van der Waals surface area contributed by atoms with Crippen molar-refractivity contribution in [1.82, 2.24) is 5.32 Å². The van der Waals surface area contributed by atoms with Crippen LogP contribution in [0.25, 0.3) is 0 Å². The fourth-order valence-corrected chi connectivity index (χ4v) is 5.74. The molecule has 4 aromatic rings. The van der Waals surface area contributed by atoms with Gasteiger partial charge in [-0.1, -0.05) is 58.5 Å². The number of nitrogens with one attached hydrogen (secondary N) is 2. The van der Waals surface area contributed by atoms with E-state index in [0.717, 1.165) is 10.6 Å². The molecule has 252 valence electrons. The van der Waals surface area contributed by atoms with Crippen molar-refractivity contribution in [3.63, 3.8) is 0 Å². The minimum Gasteiger partial charge on any atom is -0.493 e. The zero-order valence-electron chi connectivity index (χ0n) is 26.0. The molecule has 3 amide bonds. The van der Waals surface area contributed by atoms with Crippen molar-refractivity contribution >= 4 is 87.0 Å². The Morgan fingerprint density at radius 3 is 2.31 bits per heavy atom. The number of amides is 3. The lowest BCUT2D eigenvalue weighted by Crippen LogP contribution is -2.39. The number of carbonyl (C=O) groups is 3. The number of ether oxygens (including phenoxy) is 3. The van der Waals surface area contributed by atoms with Crippen LogP contribution in [-0.2, 0) is 9.59 Å². The molecular formula is C33H26Cl4N6O6. The van der Waals surface area contributed by atoms with Crippen LogP contribution in [0.2, 0.25) is 20.1 Å². The van der Waals surface area contributed by atoms with Gasteiger partial charge in [0, 0.05) is 16.8 Å². The zero-order chi connectivity index (χ0) is 35.2. The molecule has 0 bridgehead atoms. The second kappa shape index (κ2) is 15.6. The van der Waals surface area contributed by atoms with Crippen LogP contribution in [0.3, 0.4) is 0 Å². The Balaban J connectivity index is 1.40. The molecule has 4 aromatic carbocycles. The van der Waals surface area contributed by atoms with Crippen molar-refractivity contribution in [2.24, 2.45) is 15.3 Å². The summed E-state index contributed by atoms with van der Waals surface area (Å²) in [4.78, 5) is 39.9. The Labute approximate surface area is 300 Å². The molecule has 5 rings (SSSR count). The molecule has 49 heavy (non-hydrogen) atoms. The second-order valence-corrected chi connectivity index (χ2v) is 12.0. The standard InChI is InChI=1S/C33H26Cl4N6O6/c1-17-5-4-6-21(11-17)49-16-28(44)38-19-7-9-23(35)22(14-19)32(45)39-31-29(41-40-20-8-10-26(47-2)27(15-20)48-3)33(46)43(42-31)30-24(36)12-18(34)13-25(30)37/h4-15,29H,16H2,1-3H3,(H,38,44)(H,39,42,45). The Morgan fingerprint density at radius 2 is 1.61 bits per heavy atom. The minimum absolute atomic E-state index is 0.0175. The minimum atomic E-state index is -1.44. The maximum atomic E-state index is 13.7. The summed E-state index contributed by atoms with van der Waals surface area (Å²) in [5.41, 5.74) is 1.54. The van der Waals surface area contributed by atoms with Gasteiger partial charge in [0.25, 0.3) is 17.7 Å². The summed E-state index contributed by atoms with van der Waals surface area (Å²) in [6.45, 7) is 1.63. The fourth-order valence-electron chi connectivity index (χ4n) is 4.56. The van der Waals surface area contributed by atoms with Gasteiger partial charge in [-0.3, -0.25) is 14.4 Å². The second-order valence-electron chi connectivity index (χ2n) is 10.3. The van der Waals surface area contributed by atoms with E-state index < -0.39 is 23.8 Å². The molecule has 0 radical (unpaired) electrons. The van der Waals surface area contributed by atoms with Gasteiger partial charge in [-0.05, 0) is 67.1 Å². The van der Waals surface area contributed by atoms with Gasteiger partial charge >= 0.3 is 0 Å². The zero-order valence-corrected chi connectivity index (χ0v) is 29.0. The Kier molecular flexibility index (Phi) is 11.2. The number of hydrogen-bond acceptors (Lipinski definition) is 9. The van der Waals surface area contributed by atoms with Gasteiger partial charge < -0.3 is 24.8 Å². The Hall–Kier alpha value is -4.88. The van der Waals surface area contributed by atoms with Gasteiger partial charge in [-0.15, -0.1) is 5.10 Å². The van der Waals surface area contributed by atoms with Crippen molar-refractivity contribution in [3.8, 4) is 17.2 Å². The van der Waals surface area contributed by atoms with E-state index in [9.17, 15) is 14.4 Å². The van der Waals surface area contributed by atoms with Gasteiger partial charge in [0.1, 0.15) is 11.4 Å². The third-order valence-corrected chi connectivity index (χ3v) is 7.98. The van der Waals surface area contributed by atoms with Crippen LogP contribution in [0.15, 0.2) is 88.1 Å². The first-order chi connectivity index (χ1) is 23.5. The molecule has 1 aliphatic rings. The number of anilines is 2. The predicted octanol–water partition coefficient (Wildman–Crippen LogP) is 7.89. The average Bonchev–Trinajstić information content (AvgIpc) is 3.36. The summed E-state index contributed by atoms with van der Waals surface area (Å²) in [5.74, 6) is -0.797. The van der Waals surface area contributed by atoms with Crippen LogP contribution in [0.4, 0.5) is 17.1 Å². The first-order valence-corrected chi connectivity index (χ1v) is 15.8. The lowest BCUT2D eigenvalue weighted by atomic mass is 10.1. The summed E-state index contributed by atoms with van der Waals surface area (Å²) in [5, 5.41) is 19.2. The van der Waals surface area contributed by atoms with Gasteiger partial charge in [0.15, 0.2) is 23.9 Å². The lowest BCUT2D eigenvalue weighted by Gasteiger charge is -2.15. The molecule has 0 aromatic heterocycles. The van der Waals surface area contributed by atoms with Crippen LogP contribution in [-0.4, -0.2) is 50.4 Å². The molecule has 1 unspecified atom stereocenters. The largest absolute Gasteiger partial charge is 0.493 e. The number of hydrazone groups is 1. The number of nitrogens with zero attached hydrogens (tertiary/aromatic N) is 4. The number of benzene rings is 4. The van der Waals surface area contributed by atoms with Gasteiger partial charge in [-0.25, -0.2) is 0 Å². The first-order valence-electron chi connectivity index (χ1n) is 14.3. The highest BCUT2D eigenvalue weighted by Gasteiger charge is 2.40. The number of halogens is 4. The highest BCUT2D eigenvalue weighted by Crippen LogP contribution is 2.39. The Bertz CT molecular complexity index is 1980. The van der Waals surface area contributed by atoms with E-state index >= 15 is 0 Å². The van der Waals surface area contributed by atoms with Crippen molar-refractivity contribution < 1.29 is 28.6 Å². The predicted molar refractivity (Wildman–Crippen MR) is 188 cm³/mol. The lowest BCUT2D eigenvalue weighted by molar-refractivity contribution is -0.118. The van der Waals surface area contributed by atoms with E-state index in [1.807, 2.05) is 19.1 Å². The smallest absolute Gasteiger partial charge is 0.282 e. The van der Waals surface area contributed by atoms with Gasteiger partial charge in [-0.2, -0.15) is 15.2 Å². The molecule has 16 heteroatoms.